The second-order valence-electron chi connectivity index (χ2n) is 5.87. The van der Waals surface area contributed by atoms with Crippen molar-refractivity contribution in [2.45, 2.75) is 31.8 Å². The minimum atomic E-state index is -0.0184. The Morgan fingerprint density at radius 2 is 1.62 bits per heavy atom. The molecule has 0 bridgehead atoms. The van der Waals surface area contributed by atoms with Crippen LogP contribution in [0.25, 0.3) is 0 Å². The molecule has 3 atom stereocenters. The molecule has 1 saturated heterocycles. The van der Waals surface area contributed by atoms with Crippen LogP contribution >= 0.6 is 0 Å². The Hall–Kier alpha value is -1.93. The van der Waals surface area contributed by atoms with E-state index in [0.717, 1.165) is 18.5 Å². The maximum Gasteiger partial charge on any atom is 0.194 e. The van der Waals surface area contributed by atoms with Crippen LogP contribution in [0.3, 0.4) is 0 Å². The lowest BCUT2D eigenvalue weighted by Gasteiger charge is -2.36. The third-order valence-electron chi connectivity index (χ3n) is 4.57. The number of ketones is 1. The van der Waals surface area contributed by atoms with Crippen molar-refractivity contribution in [2.24, 2.45) is 0 Å². The molecule has 2 aromatic rings. The molecule has 0 amide bonds. The molecule has 3 rings (SSSR count). The van der Waals surface area contributed by atoms with Crippen molar-refractivity contribution in [1.29, 1.82) is 0 Å². The van der Waals surface area contributed by atoms with Gasteiger partial charge in [-0.15, -0.1) is 0 Å². The summed E-state index contributed by atoms with van der Waals surface area (Å²) >= 11 is 0. The highest BCUT2D eigenvalue weighted by Gasteiger charge is 2.37. The summed E-state index contributed by atoms with van der Waals surface area (Å²) in [6, 6.07) is 21.1. The van der Waals surface area contributed by atoms with Gasteiger partial charge in [0.15, 0.2) is 11.8 Å². The molecular formula is C19H22NO+. The van der Waals surface area contributed by atoms with Crippen LogP contribution in [0.15, 0.2) is 60.7 Å². The van der Waals surface area contributed by atoms with Crippen LogP contribution in [-0.4, -0.2) is 12.3 Å². The summed E-state index contributed by atoms with van der Waals surface area (Å²) in [5.74, 6) is 0.380. The summed E-state index contributed by atoms with van der Waals surface area (Å²) in [5.41, 5.74) is 2.46. The standard InChI is InChI=1S/C19H21NO/c1-15(16-9-4-2-5-10-16)20-14-8-13-18(21)19(20)17-11-6-3-7-12-17/h2-7,9-12,15,19H,8,13-14H2,1H3/p+1/t15-,19?/m0/s1. The van der Waals surface area contributed by atoms with Crippen molar-refractivity contribution >= 4 is 5.78 Å². The molecule has 108 valence electrons. The summed E-state index contributed by atoms with van der Waals surface area (Å²) in [4.78, 5) is 13.9. The zero-order valence-corrected chi connectivity index (χ0v) is 12.5. The molecule has 1 heterocycles. The number of hydrogen-bond acceptors (Lipinski definition) is 1. The number of carbonyl (C=O) groups excluding carboxylic acids is 1. The highest BCUT2D eigenvalue weighted by atomic mass is 16.1. The van der Waals surface area contributed by atoms with E-state index < -0.39 is 0 Å². The van der Waals surface area contributed by atoms with Gasteiger partial charge < -0.3 is 4.90 Å². The lowest BCUT2D eigenvalue weighted by molar-refractivity contribution is -0.953. The highest BCUT2D eigenvalue weighted by molar-refractivity contribution is 5.84. The van der Waals surface area contributed by atoms with Gasteiger partial charge >= 0.3 is 0 Å². The summed E-state index contributed by atoms with van der Waals surface area (Å²) in [6.07, 6.45) is 1.71. The molecule has 1 fully saturated rings. The van der Waals surface area contributed by atoms with Gasteiger partial charge in [-0.3, -0.25) is 4.79 Å². The second kappa shape index (κ2) is 6.23. The molecule has 0 spiro atoms. The third-order valence-corrected chi connectivity index (χ3v) is 4.57. The number of Topliss-reactive ketones (excluding diaryl/α,β-unsaturated/α-hetero) is 1. The first kappa shape index (κ1) is 14.0. The number of piperidine rings is 1. The van der Waals surface area contributed by atoms with E-state index >= 15 is 0 Å². The van der Waals surface area contributed by atoms with E-state index in [1.54, 1.807) is 0 Å². The number of quaternary nitrogens is 1. The summed E-state index contributed by atoms with van der Waals surface area (Å²) in [6.45, 7) is 3.29. The van der Waals surface area contributed by atoms with Crippen LogP contribution in [0.1, 0.15) is 43.0 Å². The first-order chi connectivity index (χ1) is 10.3. The van der Waals surface area contributed by atoms with Gasteiger partial charge in [-0.1, -0.05) is 60.7 Å². The van der Waals surface area contributed by atoms with Gasteiger partial charge in [0.25, 0.3) is 0 Å². The fourth-order valence-electron chi connectivity index (χ4n) is 3.43. The number of likely N-dealkylation sites (tertiary alicyclic amines) is 1. The predicted molar refractivity (Wildman–Crippen MR) is 84.1 cm³/mol. The normalized spacial score (nSPS) is 23.8. The zero-order valence-electron chi connectivity index (χ0n) is 12.5. The average Bonchev–Trinajstić information content (AvgIpc) is 2.55. The average molecular weight is 280 g/mol. The Balaban J connectivity index is 1.93. The second-order valence-corrected chi connectivity index (χ2v) is 5.87. The van der Waals surface area contributed by atoms with E-state index in [1.807, 2.05) is 24.3 Å². The molecule has 1 aliphatic heterocycles. The Kier molecular flexibility index (Phi) is 4.16. The van der Waals surface area contributed by atoms with E-state index in [0.29, 0.717) is 18.2 Å². The summed E-state index contributed by atoms with van der Waals surface area (Å²) in [5, 5.41) is 0. The topological polar surface area (TPSA) is 21.5 Å². The van der Waals surface area contributed by atoms with Gasteiger partial charge in [0.05, 0.1) is 6.54 Å². The van der Waals surface area contributed by atoms with Crippen LogP contribution in [0.4, 0.5) is 0 Å². The maximum atomic E-state index is 12.5. The van der Waals surface area contributed by atoms with E-state index in [1.165, 1.54) is 10.5 Å². The first-order valence-electron chi connectivity index (χ1n) is 7.75. The van der Waals surface area contributed by atoms with E-state index in [9.17, 15) is 4.79 Å². The van der Waals surface area contributed by atoms with E-state index in [-0.39, 0.29) is 6.04 Å². The molecule has 2 unspecified atom stereocenters. The van der Waals surface area contributed by atoms with Gasteiger partial charge in [-0.2, -0.15) is 0 Å². The molecule has 1 N–H and O–H groups in total. The Labute approximate surface area is 126 Å². The molecule has 1 aliphatic rings. The molecule has 2 nitrogen and oxygen atoms in total. The van der Waals surface area contributed by atoms with Crippen LogP contribution in [-0.2, 0) is 4.79 Å². The van der Waals surface area contributed by atoms with E-state index in [2.05, 4.69) is 43.3 Å². The number of benzene rings is 2. The lowest BCUT2D eigenvalue weighted by atomic mass is 9.91. The van der Waals surface area contributed by atoms with Gasteiger partial charge in [0.1, 0.15) is 6.04 Å². The van der Waals surface area contributed by atoms with Crippen LogP contribution < -0.4 is 4.90 Å². The number of nitrogens with one attached hydrogen (secondary N) is 1. The quantitative estimate of drug-likeness (QED) is 0.917. The molecule has 2 aromatic carbocycles. The number of carbonyl (C=O) groups is 1. The van der Waals surface area contributed by atoms with E-state index in [4.69, 9.17) is 0 Å². The molecule has 21 heavy (non-hydrogen) atoms. The fraction of sp³-hybridized carbons (Fsp3) is 0.316. The third kappa shape index (κ3) is 2.91. The van der Waals surface area contributed by atoms with Crippen LogP contribution in [0.5, 0.6) is 0 Å². The van der Waals surface area contributed by atoms with Crippen molar-refractivity contribution < 1.29 is 9.69 Å². The smallest absolute Gasteiger partial charge is 0.194 e. The Morgan fingerprint density at radius 3 is 2.29 bits per heavy atom. The Bertz CT molecular complexity index is 593. The highest BCUT2D eigenvalue weighted by Crippen LogP contribution is 2.20. The van der Waals surface area contributed by atoms with Gasteiger partial charge in [-0.25, -0.2) is 0 Å². The van der Waals surface area contributed by atoms with Crippen molar-refractivity contribution in [1.82, 2.24) is 0 Å². The van der Waals surface area contributed by atoms with Crippen molar-refractivity contribution in [3.63, 3.8) is 0 Å². The summed E-state index contributed by atoms with van der Waals surface area (Å²) in [7, 11) is 0. The zero-order chi connectivity index (χ0) is 14.7. The number of rotatable bonds is 3. The van der Waals surface area contributed by atoms with Gasteiger partial charge in [-0.05, 0) is 6.92 Å². The fourth-order valence-corrected chi connectivity index (χ4v) is 3.43. The summed E-state index contributed by atoms with van der Waals surface area (Å²) < 4.78 is 0. The number of hydrogen-bond donors (Lipinski definition) is 1. The minimum absolute atomic E-state index is 0.0184. The lowest BCUT2D eigenvalue weighted by Crippen LogP contribution is -3.14. The maximum absolute atomic E-state index is 12.5. The monoisotopic (exact) mass is 280 g/mol. The van der Waals surface area contributed by atoms with Crippen LogP contribution in [0.2, 0.25) is 0 Å². The first-order valence-corrected chi connectivity index (χ1v) is 7.75. The van der Waals surface area contributed by atoms with Crippen LogP contribution in [0, 0.1) is 0 Å². The Morgan fingerprint density at radius 1 is 1.00 bits per heavy atom. The molecule has 0 radical (unpaired) electrons. The van der Waals surface area contributed by atoms with Gasteiger partial charge in [0.2, 0.25) is 0 Å². The largest absolute Gasteiger partial charge is 0.317 e. The SMILES string of the molecule is C[C@@H](c1ccccc1)[NH+]1CCCC(=O)C1c1ccccc1. The molecule has 0 aromatic heterocycles. The minimum Gasteiger partial charge on any atom is -0.317 e. The van der Waals surface area contributed by atoms with Crippen molar-refractivity contribution in [2.75, 3.05) is 6.54 Å². The molecular weight excluding hydrogens is 258 g/mol. The molecule has 0 aliphatic carbocycles. The molecule has 2 heteroatoms. The molecule has 0 saturated carbocycles. The van der Waals surface area contributed by atoms with Crippen molar-refractivity contribution in [3.8, 4) is 0 Å². The van der Waals surface area contributed by atoms with Crippen molar-refractivity contribution in [3.05, 3.63) is 71.8 Å². The van der Waals surface area contributed by atoms with Gasteiger partial charge in [0, 0.05) is 24.0 Å². The predicted octanol–water partition coefficient (Wildman–Crippen LogP) is 2.74.